The van der Waals surface area contributed by atoms with E-state index < -0.39 is 0 Å². The van der Waals surface area contributed by atoms with Gasteiger partial charge in [0.15, 0.2) is 0 Å². The molecule has 0 spiro atoms. The maximum atomic E-state index is 12.0. The monoisotopic (exact) mass is 363 g/mol. The zero-order valence-electron chi connectivity index (χ0n) is 13.5. The molecule has 4 nitrogen and oxygen atoms in total. The fourth-order valence-corrected chi connectivity index (χ4v) is 3.03. The van der Waals surface area contributed by atoms with Gasteiger partial charge in [-0.2, -0.15) is 0 Å². The van der Waals surface area contributed by atoms with Crippen molar-refractivity contribution in [3.8, 4) is 0 Å². The quantitative estimate of drug-likeness (QED) is 0.777. The number of amides is 1. The lowest BCUT2D eigenvalue weighted by Gasteiger charge is -2.09. The van der Waals surface area contributed by atoms with Gasteiger partial charge in [0.05, 0.1) is 18.4 Å². The van der Waals surface area contributed by atoms with Crippen molar-refractivity contribution in [1.29, 1.82) is 0 Å². The first-order chi connectivity index (χ1) is 11.5. The molecule has 6 heteroatoms. The number of carbonyl (C=O) groups excluding carboxylic acids is 2. The summed E-state index contributed by atoms with van der Waals surface area (Å²) in [7, 11) is 1.35. The average molecular weight is 364 g/mol. The van der Waals surface area contributed by atoms with Crippen LogP contribution in [0, 0.1) is 6.92 Å². The number of carbonyl (C=O) groups is 2. The van der Waals surface area contributed by atoms with E-state index in [4.69, 9.17) is 16.3 Å². The minimum Gasteiger partial charge on any atom is -0.465 e. The Labute approximate surface area is 150 Å². The minimum absolute atomic E-state index is 0.0884. The number of methoxy groups -OCH3 is 1. The molecule has 0 unspecified atom stereocenters. The van der Waals surface area contributed by atoms with Gasteiger partial charge in [-0.3, -0.25) is 4.79 Å². The zero-order chi connectivity index (χ0) is 17.5. The summed E-state index contributed by atoms with van der Waals surface area (Å²) in [6.45, 7) is 1.91. The van der Waals surface area contributed by atoms with E-state index in [0.29, 0.717) is 22.1 Å². The van der Waals surface area contributed by atoms with E-state index in [1.807, 2.05) is 19.1 Å². The highest BCUT2D eigenvalue weighted by molar-refractivity contribution is 7.99. The molecular weight excluding hydrogens is 346 g/mol. The van der Waals surface area contributed by atoms with E-state index in [1.54, 1.807) is 30.3 Å². The number of ether oxygens (including phenoxy) is 1. The number of esters is 1. The van der Waals surface area contributed by atoms with E-state index in [0.717, 1.165) is 16.8 Å². The Hall–Kier alpha value is -1.98. The van der Waals surface area contributed by atoms with Crippen LogP contribution in [0.5, 0.6) is 0 Å². The Kier molecular flexibility index (Phi) is 6.70. The predicted octanol–water partition coefficient (Wildman–Crippen LogP) is 4.31. The molecule has 1 amide bonds. The van der Waals surface area contributed by atoms with E-state index >= 15 is 0 Å². The molecular formula is C18H18ClNO3S. The van der Waals surface area contributed by atoms with Gasteiger partial charge in [-0.15, -0.1) is 11.8 Å². The highest BCUT2D eigenvalue weighted by Gasteiger charge is 2.08. The number of thioether (sulfide) groups is 1. The van der Waals surface area contributed by atoms with Crippen LogP contribution in [0.3, 0.4) is 0 Å². The molecule has 2 aromatic carbocycles. The molecule has 1 N–H and O–H groups in total. The molecule has 2 rings (SSSR count). The van der Waals surface area contributed by atoms with Crippen LogP contribution in [0.1, 0.15) is 21.5 Å². The van der Waals surface area contributed by atoms with Crippen LogP contribution in [0.2, 0.25) is 5.02 Å². The fraction of sp³-hybridized carbons (Fsp3) is 0.222. The van der Waals surface area contributed by atoms with Crippen LogP contribution in [-0.4, -0.2) is 24.7 Å². The molecule has 24 heavy (non-hydrogen) atoms. The Balaban J connectivity index is 1.86. The van der Waals surface area contributed by atoms with Gasteiger partial charge in [-0.25, -0.2) is 4.79 Å². The molecule has 0 saturated carbocycles. The van der Waals surface area contributed by atoms with E-state index in [9.17, 15) is 9.59 Å². The topological polar surface area (TPSA) is 55.4 Å². The van der Waals surface area contributed by atoms with Gasteiger partial charge in [-0.05, 0) is 42.3 Å². The van der Waals surface area contributed by atoms with Crippen LogP contribution >= 0.6 is 23.4 Å². The number of anilines is 1. The highest BCUT2D eigenvalue weighted by atomic mass is 35.5. The number of aryl methyl sites for hydroxylation is 1. The molecule has 126 valence electrons. The maximum Gasteiger partial charge on any atom is 0.337 e. The Morgan fingerprint density at radius 1 is 1.21 bits per heavy atom. The van der Waals surface area contributed by atoms with Gasteiger partial charge in [0, 0.05) is 16.5 Å². The fourth-order valence-electron chi connectivity index (χ4n) is 2.08. The second kappa shape index (κ2) is 8.76. The van der Waals surface area contributed by atoms with Gasteiger partial charge in [0.25, 0.3) is 0 Å². The van der Waals surface area contributed by atoms with Gasteiger partial charge >= 0.3 is 5.97 Å². The van der Waals surface area contributed by atoms with Crippen molar-refractivity contribution in [2.75, 3.05) is 18.2 Å². The molecule has 0 aliphatic heterocycles. The van der Waals surface area contributed by atoms with Crippen LogP contribution in [-0.2, 0) is 15.3 Å². The first kappa shape index (κ1) is 18.4. The van der Waals surface area contributed by atoms with Gasteiger partial charge < -0.3 is 10.1 Å². The summed E-state index contributed by atoms with van der Waals surface area (Å²) < 4.78 is 4.70. The van der Waals surface area contributed by atoms with Crippen molar-refractivity contribution >= 4 is 40.9 Å². The summed E-state index contributed by atoms with van der Waals surface area (Å²) in [5, 5.41) is 3.44. The molecule has 0 aliphatic rings. The van der Waals surface area contributed by atoms with Crippen LogP contribution in [0.25, 0.3) is 0 Å². The van der Waals surface area contributed by atoms with Crippen molar-refractivity contribution in [2.45, 2.75) is 12.7 Å². The summed E-state index contributed by atoms with van der Waals surface area (Å²) in [6, 6.07) is 12.6. The normalized spacial score (nSPS) is 10.3. The van der Waals surface area contributed by atoms with E-state index in [1.165, 1.54) is 18.9 Å². The van der Waals surface area contributed by atoms with Crippen molar-refractivity contribution in [3.05, 3.63) is 64.2 Å². The number of nitrogens with one attached hydrogen (secondary N) is 1. The molecule has 2 aromatic rings. The lowest BCUT2D eigenvalue weighted by Crippen LogP contribution is -2.15. The number of rotatable bonds is 6. The van der Waals surface area contributed by atoms with Crippen LogP contribution in [0.4, 0.5) is 5.69 Å². The first-order valence-corrected chi connectivity index (χ1v) is 8.84. The summed E-state index contributed by atoms with van der Waals surface area (Å²) in [6.07, 6.45) is 0. The molecule has 0 saturated heterocycles. The summed E-state index contributed by atoms with van der Waals surface area (Å²) >= 11 is 7.42. The first-order valence-electron chi connectivity index (χ1n) is 7.30. The van der Waals surface area contributed by atoms with Crippen LogP contribution < -0.4 is 5.32 Å². The standard InChI is InChI=1S/C18H18ClNO3S/c1-12-6-7-15(19)9-16(12)20-17(21)11-24-10-13-4-3-5-14(8-13)18(22)23-2/h3-9H,10-11H2,1-2H3,(H,20,21). The molecule has 0 fully saturated rings. The third-order valence-corrected chi connectivity index (χ3v) is 4.56. The maximum absolute atomic E-state index is 12.0. The van der Waals surface area contributed by atoms with Crippen molar-refractivity contribution in [1.82, 2.24) is 0 Å². The number of halogens is 1. The van der Waals surface area contributed by atoms with Gasteiger partial charge in [0.1, 0.15) is 0 Å². The predicted molar refractivity (Wildman–Crippen MR) is 98.8 cm³/mol. The molecule has 0 aliphatic carbocycles. The second-order valence-corrected chi connectivity index (χ2v) is 6.61. The SMILES string of the molecule is COC(=O)c1cccc(CSCC(=O)Nc2cc(Cl)ccc2C)c1. The smallest absolute Gasteiger partial charge is 0.337 e. The molecule has 0 aromatic heterocycles. The highest BCUT2D eigenvalue weighted by Crippen LogP contribution is 2.21. The van der Waals surface area contributed by atoms with Crippen LogP contribution in [0.15, 0.2) is 42.5 Å². The number of benzene rings is 2. The van der Waals surface area contributed by atoms with Gasteiger partial charge in [-0.1, -0.05) is 29.8 Å². The van der Waals surface area contributed by atoms with E-state index in [-0.39, 0.29) is 11.9 Å². The molecule has 0 heterocycles. The molecule has 0 radical (unpaired) electrons. The summed E-state index contributed by atoms with van der Waals surface area (Å²) in [5.74, 6) is 0.492. The Bertz CT molecular complexity index is 749. The lowest BCUT2D eigenvalue weighted by atomic mass is 10.1. The third-order valence-electron chi connectivity index (χ3n) is 3.32. The van der Waals surface area contributed by atoms with Crippen molar-refractivity contribution in [2.24, 2.45) is 0 Å². The Morgan fingerprint density at radius 2 is 2.00 bits per heavy atom. The number of hydrogen-bond donors (Lipinski definition) is 1. The van der Waals surface area contributed by atoms with E-state index in [2.05, 4.69) is 5.32 Å². The molecule has 0 bridgehead atoms. The second-order valence-electron chi connectivity index (χ2n) is 5.19. The third kappa shape index (κ3) is 5.28. The lowest BCUT2D eigenvalue weighted by molar-refractivity contribution is -0.113. The summed E-state index contributed by atoms with van der Waals surface area (Å²) in [4.78, 5) is 23.5. The Morgan fingerprint density at radius 3 is 2.75 bits per heavy atom. The average Bonchev–Trinajstić information content (AvgIpc) is 2.57. The largest absolute Gasteiger partial charge is 0.465 e. The zero-order valence-corrected chi connectivity index (χ0v) is 15.0. The van der Waals surface area contributed by atoms with Crippen molar-refractivity contribution < 1.29 is 14.3 Å². The van der Waals surface area contributed by atoms with Crippen molar-refractivity contribution in [3.63, 3.8) is 0 Å². The summed E-state index contributed by atoms with van der Waals surface area (Å²) in [5.41, 5.74) is 3.16. The molecule has 0 atom stereocenters. The number of hydrogen-bond acceptors (Lipinski definition) is 4. The minimum atomic E-state index is -0.365. The van der Waals surface area contributed by atoms with Gasteiger partial charge in [0.2, 0.25) is 5.91 Å².